The van der Waals surface area contributed by atoms with E-state index in [2.05, 4.69) is 33.9 Å². The molecule has 0 bridgehead atoms. The number of hydrogen-bond donors (Lipinski definition) is 8. The van der Waals surface area contributed by atoms with E-state index < -0.39 is 71.8 Å². The zero-order chi connectivity index (χ0) is 35.8. The molecular formula is C32H59N7O7S. The lowest BCUT2D eigenvalue weighted by molar-refractivity contribution is -0.145. The van der Waals surface area contributed by atoms with E-state index in [9.17, 15) is 33.9 Å². The fourth-order valence-corrected chi connectivity index (χ4v) is 5.66. The maximum absolute atomic E-state index is 13.9. The van der Waals surface area contributed by atoms with Crippen LogP contribution < -0.4 is 32.7 Å². The topological polar surface area (TPSA) is 226 Å². The SMILES string of the molecule is CC[C@H](C)[C@H](NC(=O)[C@H](CC(C)C)NC(=O)[C@@H](N)CS)C(=O)N[C@@H](CC(C)C)C(=O)N1CCC[C@H]1C(=O)N[C@@H](CCCCN)C(=O)O. The van der Waals surface area contributed by atoms with E-state index in [0.29, 0.717) is 45.1 Å². The van der Waals surface area contributed by atoms with Crippen LogP contribution in [0.3, 0.4) is 0 Å². The van der Waals surface area contributed by atoms with E-state index in [1.807, 2.05) is 41.5 Å². The van der Waals surface area contributed by atoms with Crippen LogP contribution in [0.2, 0.25) is 0 Å². The van der Waals surface area contributed by atoms with Gasteiger partial charge in [-0.1, -0.05) is 48.0 Å². The third kappa shape index (κ3) is 14.0. The number of rotatable bonds is 21. The molecule has 9 N–H and O–H groups in total. The highest BCUT2D eigenvalue weighted by atomic mass is 32.1. The number of nitrogens with two attached hydrogens (primary N) is 2. The van der Waals surface area contributed by atoms with E-state index in [1.165, 1.54) is 4.90 Å². The molecule has 0 aromatic heterocycles. The number of nitrogens with one attached hydrogen (secondary N) is 4. The fourth-order valence-electron chi connectivity index (χ4n) is 5.50. The molecule has 0 aliphatic carbocycles. The summed E-state index contributed by atoms with van der Waals surface area (Å²) in [6.45, 7) is 12.0. The number of hydrogen-bond acceptors (Lipinski definition) is 9. The van der Waals surface area contributed by atoms with Crippen LogP contribution in [0.1, 0.15) is 92.9 Å². The second-order valence-electron chi connectivity index (χ2n) is 13.4. The van der Waals surface area contributed by atoms with Gasteiger partial charge in [-0.2, -0.15) is 12.6 Å². The molecule has 5 amide bonds. The molecule has 1 aliphatic heterocycles. The minimum Gasteiger partial charge on any atom is -0.480 e. The number of aliphatic carboxylic acids is 1. The zero-order valence-electron chi connectivity index (χ0n) is 28.9. The molecule has 0 unspecified atom stereocenters. The van der Waals surface area contributed by atoms with Gasteiger partial charge in [0, 0.05) is 12.3 Å². The van der Waals surface area contributed by atoms with Gasteiger partial charge in [-0.3, -0.25) is 24.0 Å². The summed E-state index contributed by atoms with van der Waals surface area (Å²) in [5, 5.41) is 20.5. The predicted octanol–water partition coefficient (Wildman–Crippen LogP) is 0.526. The molecule has 1 heterocycles. The maximum Gasteiger partial charge on any atom is 0.326 e. The van der Waals surface area contributed by atoms with E-state index in [0.717, 1.165) is 0 Å². The van der Waals surface area contributed by atoms with Crippen molar-refractivity contribution in [2.45, 2.75) is 129 Å². The first-order chi connectivity index (χ1) is 22.1. The van der Waals surface area contributed by atoms with Crippen molar-refractivity contribution >= 4 is 48.1 Å². The van der Waals surface area contributed by atoms with Crippen LogP contribution in [0.15, 0.2) is 0 Å². The molecule has 1 rings (SSSR count). The van der Waals surface area contributed by atoms with Gasteiger partial charge < -0.3 is 42.7 Å². The van der Waals surface area contributed by atoms with Crippen LogP contribution in [0.25, 0.3) is 0 Å². The average Bonchev–Trinajstić information content (AvgIpc) is 3.50. The Morgan fingerprint density at radius 1 is 0.851 bits per heavy atom. The van der Waals surface area contributed by atoms with Gasteiger partial charge in [-0.15, -0.1) is 0 Å². The minimum absolute atomic E-state index is 0.00335. The fraction of sp³-hybridized carbons (Fsp3) is 0.812. The largest absolute Gasteiger partial charge is 0.480 e. The van der Waals surface area contributed by atoms with Crippen molar-refractivity contribution in [1.29, 1.82) is 0 Å². The van der Waals surface area contributed by atoms with Gasteiger partial charge in [0.05, 0.1) is 6.04 Å². The smallest absolute Gasteiger partial charge is 0.326 e. The molecule has 1 aliphatic rings. The van der Waals surface area contributed by atoms with Gasteiger partial charge in [0.25, 0.3) is 0 Å². The molecule has 0 spiro atoms. The van der Waals surface area contributed by atoms with Gasteiger partial charge in [0.1, 0.15) is 30.2 Å². The van der Waals surface area contributed by atoms with Crippen LogP contribution in [0, 0.1) is 17.8 Å². The van der Waals surface area contributed by atoms with Crippen LogP contribution in [0.4, 0.5) is 0 Å². The summed E-state index contributed by atoms with van der Waals surface area (Å²) in [6, 6.07) is -5.81. The number of carbonyl (C=O) groups is 6. The lowest BCUT2D eigenvalue weighted by atomic mass is 9.95. The van der Waals surface area contributed by atoms with Crippen molar-refractivity contribution in [3.8, 4) is 0 Å². The summed E-state index contributed by atoms with van der Waals surface area (Å²) in [6.07, 6.45) is 3.41. The van der Waals surface area contributed by atoms with E-state index in [-0.39, 0.29) is 42.9 Å². The van der Waals surface area contributed by atoms with Crippen molar-refractivity contribution in [2.24, 2.45) is 29.2 Å². The predicted molar refractivity (Wildman–Crippen MR) is 183 cm³/mol. The molecule has 0 saturated carbocycles. The van der Waals surface area contributed by atoms with Gasteiger partial charge in [0.15, 0.2) is 0 Å². The Kier molecular flexibility index (Phi) is 18.9. The number of thiol groups is 1. The quantitative estimate of drug-likeness (QED) is 0.0622. The second-order valence-corrected chi connectivity index (χ2v) is 13.8. The molecule has 47 heavy (non-hydrogen) atoms. The number of likely N-dealkylation sites (tertiary alicyclic amines) is 1. The molecule has 0 aromatic rings. The Bertz CT molecular complexity index is 1060. The van der Waals surface area contributed by atoms with E-state index >= 15 is 0 Å². The number of carbonyl (C=O) groups excluding carboxylic acids is 5. The molecule has 270 valence electrons. The number of carboxylic acid groups (broad SMARTS) is 1. The first-order valence-corrected chi connectivity index (χ1v) is 17.5. The van der Waals surface area contributed by atoms with Crippen LogP contribution >= 0.6 is 12.6 Å². The molecule has 1 fully saturated rings. The van der Waals surface area contributed by atoms with Gasteiger partial charge in [0.2, 0.25) is 29.5 Å². The molecule has 14 nitrogen and oxygen atoms in total. The first kappa shape index (κ1) is 42.1. The highest BCUT2D eigenvalue weighted by Gasteiger charge is 2.40. The van der Waals surface area contributed by atoms with Crippen LogP contribution in [-0.4, -0.2) is 101 Å². The molecular weight excluding hydrogens is 626 g/mol. The number of nitrogens with zero attached hydrogens (tertiary/aromatic N) is 1. The summed E-state index contributed by atoms with van der Waals surface area (Å²) in [5.41, 5.74) is 11.3. The second kappa shape index (κ2) is 21.1. The standard InChI is InChI=1S/C32H59N7O7S/c1-7-20(6)26(38-28(41)23(15-18(2)3)36-27(40)21(34)17-47)30(43)37-24(16-19(4)5)31(44)39-14-10-12-25(39)29(42)35-22(32(45)46)11-8-9-13-33/h18-26,47H,7-17,33-34H2,1-6H3,(H,35,42)(H,36,40)(H,37,43)(H,38,41)(H,45,46)/t20-,21-,22-,23-,24-,25-,26-/m0/s1. The average molecular weight is 686 g/mol. The van der Waals surface area contributed by atoms with E-state index in [4.69, 9.17) is 11.5 Å². The summed E-state index contributed by atoms with van der Waals surface area (Å²) in [5.74, 6) is -3.95. The summed E-state index contributed by atoms with van der Waals surface area (Å²) in [4.78, 5) is 80.2. The lowest BCUT2D eigenvalue weighted by Crippen LogP contribution is -2.60. The third-order valence-electron chi connectivity index (χ3n) is 8.39. The highest BCUT2D eigenvalue weighted by molar-refractivity contribution is 7.80. The normalized spacial score (nSPS) is 18.5. The van der Waals surface area contributed by atoms with Crippen molar-refractivity contribution in [1.82, 2.24) is 26.2 Å². The Morgan fingerprint density at radius 2 is 1.45 bits per heavy atom. The Balaban J connectivity index is 3.19. The highest BCUT2D eigenvalue weighted by Crippen LogP contribution is 2.22. The van der Waals surface area contributed by atoms with Gasteiger partial charge in [-0.05, 0) is 69.2 Å². The molecule has 1 saturated heterocycles. The molecule has 7 atom stereocenters. The summed E-state index contributed by atoms with van der Waals surface area (Å²) >= 11 is 4.06. The Labute approximate surface area is 285 Å². The van der Waals surface area contributed by atoms with Gasteiger partial charge in [-0.25, -0.2) is 4.79 Å². The van der Waals surface area contributed by atoms with Crippen LogP contribution in [-0.2, 0) is 28.8 Å². The van der Waals surface area contributed by atoms with Crippen molar-refractivity contribution in [3.05, 3.63) is 0 Å². The van der Waals surface area contributed by atoms with Crippen LogP contribution in [0.5, 0.6) is 0 Å². The van der Waals surface area contributed by atoms with Crippen molar-refractivity contribution in [3.63, 3.8) is 0 Å². The van der Waals surface area contributed by atoms with Crippen molar-refractivity contribution < 1.29 is 33.9 Å². The Hall–Kier alpha value is -2.91. The number of amides is 5. The van der Waals surface area contributed by atoms with E-state index in [1.54, 1.807) is 0 Å². The Morgan fingerprint density at radius 3 is 1.98 bits per heavy atom. The molecule has 0 aromatic carbocycles. The van der Waals surface area contributed by atoms with Crippen molar-refractivity contribution in [2.75, 3.05) is 18.8 Å². The number of carboxylic acids is 1. The summed E-state index contributed by atoms with van der Waals surface area (Å²) in [7, 11) is 0. The molecule has 0 radical (unpaired) electrons. The summed E-state index contributed by atoms with van der Waals surface area (Å²) < 4.78 is 0. The monoisotopic (exact) mass is 685 g/mol. The van der Waals surface area contributed by atoms with Gasteiger partial charge >= 0.3 is 5.97 Å². The lowest BCUT2D eigenvalue weighted by Gasteiger charge is -2.32. The zero-order valence-corrected chi connectivity index (χ0v) is 29.8. The maximum atomic E-state index is 13.9. The number of unbranched alkanes of at least 4 members (excludes halogenated alkanes) is 1. The first-order valence-electron chi connectivity index (χ1n) is 16.9. The minimum atomic E-state index is -1.16. The molecule has 15 heteroatoms. The third-order valence-corrected chi connectivity index (χ3v) is 8.78.